The van der Waals surface area contributed by atoms with Crippen molar-refractivity contribution in [3.8, 4) is 0 Å². The molecule has 0 atom stereocenters. The van der Waals surface area contributed by atoms with Crippen molar-refractivity contribution in [2.24, 2.45) is 0 Å². The normalized spacial score (nSPS) is 22.5. The van der Waals surface area contributed by atoms with Crippen LogP contribution in [0.15, 0.2) is 12.7 Å². The third-order valence-electron chi connectivity index (χ3n) is 3.21. The molecule has 0 radical (unpaired) electrons. The minimum atomic E-state index is -0.435. The van der Waals surface area contributed by atoms with Gasteiger partial charge in [-0.2, -0.15) is 0 Å². The van der Waals surface area contributed by atoms with Crippen LogP contribution >= 0.6 is 0 Å². The van der Waals surface area contributed by atoms with Gasteiger partial charge in [0.2, 0.25) is 0 Å². The predicted octanol–water partition coefficient (Wildman–Crippen LogP) is 3.37. The van der Waals surface area contributed by atoms with Crippen molar-refractivity contribution in [3.05, 3.63) is 12.7 Å². The lowest BCUT2D eigenvalue weighted by Gasteiger charge is -2.41. The van der Waals surface area contributed by atoms with E-state index in [0.717, 1.165) is 32.3 Å². The zero-order chi connectivity index (χ0) is 14.5. The van der Waals surface area contributed by atoms with E-state index in [-0.39, 0.29) is 12.1 Å². The Morgan fingerprint density at radius 3 is 2.58 bits per heavy atom. The average molecular weight is 269 g/mol. The molecule has 0 N–H and O–H groups in total. The summed E-state index contributed by atoms with van der Waals surface area (Å²) in [5.74, 6) is 0. The van der Waals surface area contributed by atoms with Crippen LogP contribution in [0.1, 0.15) is 46.5 Å². The Balaban J connectivity index is 2.19. The number of nitrogens with zero attached hydrogens (tertiary/aromatic N) is 1. The predicted molar refractivity (Wildman–Crippen MR) is 76.2 cm³/mol. The minimum absolute atomic E-state index is 0.248. The molecule has 0 aromatic heterocycles. The number of amides is 1. The van der Waals surface area contributed by atoms with Crippen LogP contribution in [0.5, 0.6) is 0 Å². The Hall–Kier alpha value is -1.03. The minimum Gasteiger partial charge on any atom is -0.444 e. The SMILES string of the molecule is C=CCCCOC1CC(N(C)C(=O)OC(C)(C)C)C1. The number of carbonyl (C=O) groups is 1. The average Bonchev–Trinajstić information content (AvgIpc) is 2.23. The van der Waals surface area contributed by atoms with Crippen LogP contribution in [0.2, 0.25) is 0 Å². The summed E-state index contributed by atoms with van der Waals surface area (Å²) in [7, 11) is 1.80. The highest BCUT2D eigenvalue weighted by molar-refractivity contribution is 5.68. The van der Waals surface area contributed by atoms with Gasteiger partial charge in [-0.3, -0.25) is 0 Å². The summed E-state index contributed by atoms with van der Waals surface area (Å²) < 4.78 is 11.1. The molecule has 1 saturated carbocycles. The molecular weight excluding hydrogens is 242 g/mol. The van der Waals surface area contributed by atoms with Crippen LogP contribution in [0.4, 0.5) is 4.79 Å². The fourth-order valence-electron chi connectivity index (χ4n) is 1.95. The second-order valence-corrected chi connectivity index (χ2v) is 6.14. The van der Waals surface area contributed by atoms with Crippen LogP contribution < -0.4 is 0 Å². The highest BCUT2D eigenvalue weighted by Crippen LogP contribution is 2.28. The van der Waals surface area contributed by atoms with E-state index < -0.39 is 5.60 Å². The van der Waals surface area contributed by atoms with E-state index in [9.17, 15) is 4.79 Å². The van der Waals surface area contributed by atoms with E-state index >= 15 is 0 Å². The lowest BCUT2D eigenvalue weighted by atomic mass is 9.88. The number of unbranched alkanes of at least 4 members (excludes halogenated alkanes) is 1. The second-order valence-electron chi connectivity index (χ2n) is 6.14. The van der Waals surface area contributed by atoms with Crippen molar-refractivity contribution in [2.75, 3.05) is 13.7 Å². The van der Waals surface area contributed by atoms with Gasteiger partial charge in [0, 0.05) is 19.7 Å². The van der Waals surface area contributed by atoms with Gasteiger partial charge in [-0.05, 0) is 46.5 Å². The molecule has 1 rings (SSSR count). The maximum absolute atomic E-state index is 11.9. The molecular formula is C15H27NO3. The van der Waals surface area contributed by atoms with E-state index in [4.69, 9.17) is 9.47 Å². The summed E-state index contributed by atoms with van der Waals surface area (Å²) >= 11 is 0. The number of hydrogen-bond donors (Lipinski definition) is 0. The first-order chi connectivity index (χ1) is 8.83. The van der Waals surface area contributed by atoms with Gasteiger partial charge in [0.1, 0.15) is 5.60 Å². The lowest BCUT2D eigenvalue weighted by molar-refractivity contribution is -0.0513. The monoisotopic (exact) mass is 269 g/mol. The van der Waals surface area contributed by atoms with Crippen LogP contribution in [0.3, 0.4) is 0 Å². The topological polar surface area (TPSA) is 38.8 Å². The molecule has 0 aromatic carbocycles. The van der Waals surface area contributed by atoms with Crippen molar-refractivity contribution >= 4 is 6.09 Å². The molecule has 0 saturated heterocycles. The summed E-state index contributed by atoms with van der Waals surface area (Å²) in [6.45, 7) is 10.1. The Morgan fingerprint density at radius 2 is 2.05 bits per heavy atom. The van der Waals surface area contributed by atoms with Crippen molar-refractivity contribution in [2.45, 2.75) is 64.2 Å². The van der Waals surface area contributed by atoms with Crippen molar-refractivity contribution < 1.29 is 14.3 Å². The molecule has 4 nitrogen and oxygen atoms in total. The summed E-state index contributed by atoms with van der Waals surface area (Å²) in [6, 6.07) is 0.249. The molecule has 1 aliphatic rings. The molecule has 0 unspecified atom stereocenters. The molecule has 0 aromatic rings. The first-order valence-electron chi connectivity index (χ1n) is 7.02. The number of allylic oxidation sites excluding steroid dienone is 1. The largest absolute Gasteiger partial charge is 0.444 e. The molecule has 0 heterocycles. The van der Waals surface area contributed by atoms with Gasteiger partial charge in [0.05, 0.1) is 6.10 Å². The molecule has 1 fully saturated rings. The standard InChI is InChI=1S/C15H27NO3/c1-6-7-8-9-18-13-10-12(11-13)16(5)14(17)19-15(2,3)4/h6,12-13H,1,7-11H2,2-5H3. The molecule has 0 spiro atoms. The molecule has 4 heteroatoms. The molecule has 0 bridgehead atoms. The maximum atomic E-state index is 11.9. The fourth-order valence-corrected chi connectivity index (χ4v) is 1.95. The Bertz CT molecular complexity index is 303. The van der Waals surface area contributed by atoms with Crippen molar-refractivity contribution in [3.63, 3.8) is 0 Å². The lowest BCUT2D eigenvalue weighted by Crippen LogP contribution is -2.50. The summed E-state index contributed by atoms with van der Waals surface area (Å²) in [5.41, 5.74) is -0.435. The van der Waals surface area contributed by atoms with Crippen LogP contribution in [-0.4, -0.2) is 42.4 Å². The maximum Gasteiger partial charge on any atom is 0.410 e. The zero-order valence-electron chi connectivity index (χ0n) is 12.6. The molecule has 19 heavy (non-hydrogen) atoms. The van der Waals surface area contributed by atoms with E-state index in [1.807, 2.05) is 26.8 Å². The number of rotatable bonds is 6. The van der Waals surface area contributed by atoms with E-state index in [1.54, 1.807) is 11.9 Å². The quantitative estimate of drug-likeness (QED) is 0.548. The van der Waals surface area contributed by atoms with Gasteiger partial charge in [-0.25, -0.2) is 4.79 Å². The highest BCUT2D eigenvalue weighted by Gasteiger charge is 2.36. The van der Waals surface area contributed by atoms with Gasteiger partial charge >= 0.3 is 6.09 Å². The molecule has 1 aliphatic carbocycles. The van der Waals surface area contributed by atoms with E-state index in [1.165, 1.54) is 0 Å². The molecule has 110 valence electrons. The van der Waals surface area contributed by atoms with Crippen LogP contribution in [-0.2, 0) is 9.47 Å². The first-order valence-corrected chi connectivity index (χ1v) is 7.02. The Labute approximate surface area is 116 Å². The van der Waals surface area contributed by atoms with Crippen LogP contribution in [0.25, 0.3) is 0 Å². The zero-order valence-corrected chi connectivity index (χ0v) is 12.6. The fraction of sp³-hybridized carbons (Fsp3) is 0.800. The Kier molecular flexibility index (Phi) is 5.85. The molecule has 1 amide bonds. The number of hydrogen-bond acceptors (Lipinski definition) is 3. The van der Waals surface area contributed by atoms with Gasteiger partial charge in [0.15, 0.2) is 0 Å². The van der Waals surface area contributed by atoms with Gasteiger partial charge in [-0.15, -0.1) is 6.58 Å². The summed E-state index contributed by atoms with van der Waals surface area (Å²) in [4.78, 5) is 13.5. The number of carbonyl (C=O) groups excluding carboxylic acids is 1. The number of ether oxygens (including phenoxy) is 2. The third-order valence-corrected chi connectivity index (χ3v) is 3.21. The highest BCUT2D eigenvalue weighted by atomic mass is 16.6. The van der Waals surface area contributed by atoms with Crippen molar-refractivity contribution in [1.29, 1.82) is 0 Å². The van der Waals surface area contributed by atoms with Gasteiger partial charge in [0.25, 0.3) is 0 Å². The second kappa shape index (κ2) is 6.94. The Morgan fingerprint density at radius 1 is 1.42 bits per heavy atom. The van der Waals surface area contributed by atoms with E-state index in [2.05, 4.69) is 6.58 Å². The first kappa shape index (κ1) is 16.0. The van der Waals surface area contributed by atoms with Gasteiger partial charge in [-0.1, -0.05) is 6.08 Å². The van der Waals surface area contributed by atoms with E-state index in [0.29, 0.717) is 6.10 Å². The van der Waals surface area contributed by atoms with Crippen LogP contribution in [0, 0.1) is 0 Å². The van der Waals surface area contributed by atoms with Crippen molar-refractivity contribution in [1.82, 2.24) is 4.90 Å². The summed E-state index contributed by atoms with van der Waals surface area (Å²) in [6.07, 6.45) is 5.78. The third kappa shape index (κ3) is 5.64. The molecule has 0 aliphatic heterocycles. The summed E-state index contributed by atoms with van der Waals surface area (Å²) in [5, 5.41) is 0. The smallest absolute Gasteiger partial charge is 0.410 e. The van der Waals surface area contributed by atoms with Gasteiger partial charge < -0.3 is 14.4 Å².